The summed E-state index contributed by atoms with van der Waals surface area (Å²) in [6.07, 6.45) is 5.38. The summed E-state index contributed by atoms with van der Waals surface area (Å²) in [7, 11) is 0. The molecule has 3 amide bonds. The van der Waals surface area contributed by atoms with Crippen molar-refractivity contribution in [2.24, 2.45) is 0 Å². The van der Waals surface area contributed by atoms with Gasteiger partial charge in [-0.15, -0.1) is 16.4 Å². The van der Waals surface area contributed by atoms with Crippen molar-refractivity contribution in [1.82, 2.24) is 40.0 Å². The van der Waals surface area contributed by atoms with Crippen LogP contribution in [0.2, 0.25) is 0 Å². The van der Waals surface area contributed by atoms with Gasteiger partial charge in [0.25, 0.3) is 0 Å². The molecule has 2 aromatic carbocycles. The van der Waals surface area contributed by atoms with Gasteiger partial charge in [0.05, 0.1) is 35.9 Å². The van der Waals surface area contributed by atoms with E-state index < -0.39 is 6.04 Å². The Morgan fingerprint density at radius 1 is 0.857 bits per heavy atom. The van der Waals surface area contributed by atoms with Gasteiger partial charge in [-0.25, -0.2) is 9.67 Å². The zero-order chi connectivity index (χ0) is 33.7. The van der Waals surface area contributed by atoms with E-state index in [2.05, 4.69) is 44.8 Å². The maximum atomic E-state index is 14.1. The smallest absolute Gasteiger partial charge is 0.245 e. The van der Waals surface area contributed by atoms with Gasteiger partial charge in [0.2, 0.25) is 17.7 Å². The molecule has 0 aliphatic carbocycles. The number of likely N-dealkylation sites (tertiary alicyclic amines) is 1. The first-order valence-corrected chi connectivity index (χ1v) is 18.2. The molecular weight excluding hydrogens is 637 g/mol. The number of nitrogens with zero attached hydrogens (tertiary/aromatic N) is 7. The first-order valence-electron chi connectivity index (χ1n) is 17.4. The number of thiazole rings is 1. The second kappa shape index (κ2) is 15.0. The normalized spacial score (nSPS) is 21.4. The Balaban J connectivity index is 1.10. The monoisotopic (exact) mass is 680 g/mol. The number of carbonyl (C=O) groups excluding carboxylic acids is 3. The number of aromatic nitrogens is 4. The highest BCUT2D eigenvalue weighted by atomic mass is 32.1. The number of aryl methyl sites for hydroxylation is 1. The predicted molar refractivity (Wildman–Crippen MR) is 187 cm³/mol. The van der Waals surface area contributed by atoms with E-state index in [1.54, 1.807) is 20.9 Å². The fraction of sp³-hybridized carbons (Fsp3) is 0.459. The van der Waals surface area contributed by atoms with Crippen molar-refractivity contribution in [3.8, 4) is 0 Å². The van der Waals surface area contributed by atoms with Crippen LogP contribution in [-0.4, -0.2) is 97.2 Å². The average molecular weight is 681 g/mol. The van der Waals surface area contributed by atoms with Gasteiger partial charge >= 0.3 is 0 Å². The molecule has 8 rings (SSSR count). The molecule has 256 valence electrons. The number of hydrogen-bond acceptors (Lipinski definition) is 8. The molecule has 2 saturated heterocycles. The van der Waals surface area contributed by atoms with Crippen LogP contribution < -0.4 is 5.32 Å². The highest BCUT2D eigenvalue weighted by Crippen LogP contribution is 2.33. The van der Waals surface area contributed by atoms with E-state index in [0.717, 1.165) is 66.5 Å². The molecule has 2 aromatic heterocycles. The first kappa shape index (κ1) is 33.1. The predicted octanol–water partition coefficient (Wildman–Crippen LogP) is 3.57. The van der Waals surface area contributed by atoms with Crippen LogP contribution in [0.1, 0.15) is 64.0 Å². The molecule has 0 radical (unpaired) electrons. The molecule has 0 unspecified atom stereocenters. The minimum atomic E-state index is -0.811. The molecule has 0 saturated carbocycles. The van der Waals surface area contributed by atoms with Gasteiger partial charge < -0.3 is 15.1 Å². The lowest BCUT2D eigenvalue weighted by Gasteiger charge is -2.38. The lowest BCUT2D eigenvalue weighted by molar-refractivity contribution is -0.141. The Bertz CT molecular complexity index is 1740. The van der Waals surface area contributed by atoms with Gasteiger partial charge in [0.15, 0.2) is 0 Å². The highest BCUT2D eigenvalue weighted by Gasteiger charge is 2.35. The lowest BCUT2D eigenvalue weighted by atomic mass is 9.96. The number of carbonyl (C=O) groups is 3. The molecule has 49 heavy (non-hydrogen) atoms. The number of nitrogens with one attached hydrogen (secondary N) is 1. The van der Waals surface area contributed by atoms with Crippen molar-refractivity contribution in [1.29, 1.82) is 0 Å². The summed E-state index contributed by atoms with van der Waals surface area (Å²) < 4.78 is 1.75. The van der Waals surface area contributed by atoms with E-state index >= 15 is 0 Å². The average Bonchev–Trinajstić information content (AvgIpc) is 3.72. The molecule has 4 aromatic rings. The van der Waals surface area contributed by atoms with E-state index in [1.807, 2.05) is 54.4 Å². The van der Waals surface area contributed by atoms with Crippen LogP contribution in [0.25, 0.3) is 0 Å². The lowest BCUT2D eigenvalue weighted by Crippen LogP contribution is -2.55. The summed E-state index contributed by atoms with van der Waals surface area (Å²) in [5.41, 5.74) is 3.80. The Morgan fingerprint density at radius 2 is 1.53 bits per heavy atom. The van der Waals surface area contributed by atoms with Crippen molar-refractivity contribution in [2.45, 2.75) is 76.5 Å². The zero-order valence-corrected chi connectivity index (χ0v) is 28.9. The Hall–Kier alpha value is -4.42. The second-order valence-corrected chi connectivity index (χ2v) is 14.8. The van der Waals surface area contributed by atoms with Crippen LogP contribution in [0, 0.1) is 6.92 Å². The van der Waals surface area contributed by atoms with Crippen LogP contribution in [0.4, 0.5) is 0 Å². The van der Waals surface area contributed by atoms with E-state index in [-0.39, 0.29) is 49.1 Å². The van der Waals surface area contributed by atoms with Crippen molar-refractivity contribution in [3.05, 3.63) is 99.3 Å². The minimum absolute atomic E-state index is 0.0775. The van der Waals surface area contributed by atoms with E-state index in [9.17, 15) is 14.4 Å². The number of hydrogen-bond donors (Lipinski definition) is 1. The largest absolute Gasteiger partial charge is 0.342 e. The topological polar surface area (TPSA) is 117 Å². The third-order valence-corrected chi connectivity index (χ3v) is 11.3. The number of fused-ring (bicyclic) bond motifs is 9. The number of piperidine rings is 2. The second-order valence-electron chi connectivity index (χ2n) is 13.6. The fourth-order valence-electron chi connectivity index (χ4n) is 7.34. The van der Waals surface area contributed by atoms with Gasteiger partial charge in [-0.1, -0.05) is 65.9 Å². The molecule has 4 bridgehead atoms. The molecule has 1 atom stereocenters. The van der Waals surface area contributed by atoms with E-state index in [4.69, 9.17) is 4.98 Å². The zero-order valence-electron chi connectivity index (χ0n) is 28.0. The summed E-state index contributed by atoms with van der Waals surface area (Å²) in [6, 6.07) is 19.5. The summed E-state index contributed by atoms with van der Waals surface area (Å²) in [5, 5.41) is 12.8. The van der Waals surface area contributed by atoms with Crippen molar-refractivity contribution in [2.75, 3.05) is 32.7 Å². The van der Waals surface area contributed by atoms with Gasteiger partial charge in [0, 0.05) is 62.2 Å². The number of amides is 3. The van der Waals surface area contributed by atoms with Gasteiger partial charge in [-0.3, -0.25) is 19.3 Å². The summed E-state index contributed by atoms with van der Waals surface area (Å²) >= 11 is 1.67. The van der Waals surface area contributed by atoms with Gasteiger partial charge in [-0.05, 0) is 43.7 Å². The standard InChI is InChI=1S/C37H44N8O3S/c1-26-32-21-35(47)45(31-14-16-42(17-15-31)22-27-8-4-2-5-9-27)25-34(46)38-33(37(48)43-18-12-29(13-19-43)36(39-32)49-26)20-30-24-44(41-40-30)23-28-10-6-3-7-11-28/h2-11,24,29,31,33H,12-23,25H2,1H3,(H,38,46)/t33-/m1/s1. The third-order valence-electron chi connectivity index (χ3n) is 10.1. The SMILES string of the molecule is Cc1sc2nc1CC(=O)N(C1CCN(Cc3ccccc3)CC1)CC(=O)N[C@H](Cc1cn(Cc3ccccc3)nn1)C(=O)N1CCC2CC1. The highest BCUT2D eigenvalue weighted by molar-refractivity contribution is 7.11. The molecule has 11 nitrogen and oxygen atoms in total. The summed E-state index contributed by atoms with van der Waals surface area (Å²) in [4.78, 5) is 54.0. The maximum absolute atomic E-state index is 14.1. The van der Waals surface area contributed by atoms with E-state index in [1.165, 1.54) is 5.56 Å². The van der Waals surface area contributed by atoms with E-state index in [0.29, 0.717) is 25.3 Å². The Kier molecular flexibility index (Phi) is 10.1. The van der Waals surface area contributed by atoms with Crippen LogP contribution >= 0.6 is 11.3 Å². The molecule has 4 aliphatic rings. The number of benzene rings is 2. The first-order chi connectivity index (χ1) is 23.9. The van der Waals surface area contributed by atoms with Gasteiger partial charge in [0.1, 0.15) is 6.04 Å². The fourth-order valence-corrected chi connectivity index (χ4v) is 8.44. The van der Waals surface area contributed by atoms with Crippen LogP contribution in [-0.2, 0) is 40.3 Å². The van der Waals surface area contributed by atoms with Gasteiger partial charge in [-0.2, -0.15) is 0 Å². The summed E-state index contributed by atoms with van der Waals surface area (Å²) in [6.45, 7) is 6.21. The molecule has 0 spiro atoms. The molecule has 1 N–H and O–H groups in total. The van der Waals surface area contributed by atoms with Crippen molar-refractivity contribution in [3.63, 3.8) is 0 Å². The molecule has 6 heterocycles. The Labute approximate surface area is 291 Å². The van der Waals surface area contributed by atoms with Crippen LogP contribution in [0.3, 0.4) is 0 Å². The van der Waals surface area contributed by atoms with Crippen molar-refractivity contribution < 1.29 is 14.4 Å². The Morgan fingerprint density at radius 3 is 2.22 bits per heavy atom. The van der Waals surface area contributed by atoms with Crippen LogP contribution in [0.5, 0.6) is 0 Å². The van der Waals surface area contributed by atoms with Crippen molar-refractivity contribution >= 4 is 29.1 Å². The quantitative estimate of drug-likeness (QED) is 0.317. The molecule has 2 fully saturated rings. The summed E-state index contributed by atoms with van der Waals surface area (Å²) in [5.74, 6) is -0.304. The molecule has 4 aliphatic heterocycles. The number of rotatable bonds is 7. The molecule has 12 heteroatoms. The minimum Gasteiger partial charge on any atom is -0.342 e. The maximum Gasteiger partial charge on any atom is 0.245 e. The van der Waals surface area contributed by atoms with Crippen LogP contribution in [0.15, 0.2) is 66.9 Å². The third kappa shape index (κ3) is 8.08. The molecular formula is C37H44N8O3S.